The second-order valence-corrected chi connectivity index (χ2v) is 5.21. The lowest BCUT2D eigenvalue weighted by Gasteiger charge is -2.05. The molecule has 0 heterocycles. The van der Waals surface area contributed by atoms with Gasteiger partial charge >= 0.3 is 0 Å². The van der Waals surface area contributed by atoms with E-state index in [0.717, 1.165) is 6.07 Å². The molecular formula is C11H12FN3O3S. The topological polar surface area (TPSA) is 115 Å². The number of hydrogen-bond acceptors (Lipinski definition) is 4. The van der Waals surface area contributed by atoms with E-state index in [9.17, 15) is 17.6 Å². The first-order valence-corrected chi connectivity index (χ1v) is 6.61. The Morgan fingerprint density at radius 2 is 2.11 bits per heavy atom. The fraction of sp³-hybridized carbons (Fsp3) is 0.182. The Kier molecular flexibility index (Phi) is 5.00. The molecule has 5 N–H and O–H groups in total. The van der Waals surface area contributed by atoms with Crippen LogP contribution in [0.1, 0.15) is 5.56 Å². The van der Waals surface area contributed by atoms with Gasteiger partial charge in [-0.05, 0) is 18.2 Å². The number of amides is 1. The van der Waals surface area contributed by atoms with E-state index < -0.39 is 28.3 Å². The highest BCUT2D eigenvalue weighted by Gasteiger charge is 2.16. The van der Waals surface area contributed by atoms with Gasteiger partial charge in [0.25, 0.3) is 0 Å². The summed E-state index contributed by atoms with van der Waals surface area (Å²) in [5, 5.41) is 0. The quantitative estimate of drug-likeness (QED) is 0.609. The average molecular weight is 285 g/mol. The van der Waals surface area contributed by atoms with E-state index in [0.29, 0.717) is 0 Å². The fourth-order valence-electron chi connectivity index (χ4n) is 1.16. The van der Waals surface area contributed by atoms with Crippen molar-refractivity contribution >= 4 is 15.9 Å². The Labute approximate surface area is 110 Å². The molecule has 0 aromatic heterocycles. The van der Waals surface area contributed by atoms with E-state index in [1.165, 1.54) is 12.1 Å². The maximum Gasteiger partial charge on any atom is 0.241 e. The monoisotopic (exact) mass is 285 g/mol. The third-order valence-corrected chi connectivity index (χ3v) is 3.41. The Bertz CT molecular complexity index is 647. The highest BCUT2D eigenvalue weighted by atomic mass is 32.2. The maximum atomic E-state index is 13.6. The molecule has 0 aliphatic rings. The van der Waals surface area contributed by atoms with Crippen molar-refractivity contribution in [3.8, 4) is 11.8 Å². The van der Waals surface area contributed by atoms with Crippen molar-refractivity contribution in [2.45, 2.75) is 4.90 Å². The van der Waals surface area contributed by atoms with Gasteiger partial charge in [0.15, 0.2) is 0 Å². The van der Waals surface area contributed by atoms with Crippen molar-refractivity contribution < 1.29 is 17.6 Å². The van der Waals surface area contributed by atoms with Crippen LogP contribution in [0, 0.1) is 17.7 Å². The summed E-state index contributed by atoms with van der Waals surface area (Å²) in [5.74, 6) is 3.29. The molecule has 6 nitrogen and oxygen atoms in total. The molecule has 1 rings (SSSR count). The summed E-state index contributed by atoms with van der Waals surface area (Å²) in [5.41, 5.74) is 10.0. The number of nitrogens with two attached hydrogens (primary N) is 2. The normalized spacial score (nSPS) is 10.6. The lowest BCUT2D eigenvalue weighted by molar-refractivity contribution is -0.116. The molecule has 1 aromatic carbocycles. The molecule has 0 aliphatic heterocycles. The van der Waals surface area contributed by atoms with Gasteiger partial charge in [-0.2, -0.15) is 0 Å². The number of halogens is 1. The Balaban J connectivity index is 3.03. The van der Waals surface area contributed by atoms with E-state index >= 15 is 0 Å². The largest absolute Gasteiger partial charge is 0.369 e. The summed E-state index contributed by atoms with van der Waals surface area (Å²) in [6.07, 6.45) is 0. The zero-order valence-corrected chi connectivity index (χ0v) is 10.6. The van der Waals surface area contributed by atoms with Gasteiger partial charge in [-0.3, -0.25) is 4.79 Å². The smallest absolute Gasteiger partial charge is 0.241 e. The van der Waals surface area contributed by atoms with Gasteiger partial charge in [-0.1, -0.05) is 11.8 Å². The van der Waals surface area contributed by atoms with Gasteiger partial charge in [0.05, 0.1) is 23.5 Å². The van der Waals surface area contributed by atoms with Gasteiger partial charge in [0.1, 0.15) is 5.82 Å². The van der Waals surface area contributed by atoms with Crippen molar-refractivity contribution in [3.05, 3.63) is 29.6 Å². The fourth-order valence-corrected chi connectivity index (χ4v) is 2.16. The Morgan fingerprint density at radius 3 is 2.63 bits per heavy atom. The van der Waals surface area contributed by atoms with Crippen LogP contribution in [0.2, 0.25) is 0 Å². The summed E-state index contributed by atoms with van der Waals surface area (Å²) in [7, 11) is -3.98. The van der Waals surface area contributed by atoms with E-state index in [1.807, 2.05) is 4.72 Å². The number of primary amides is 1. The summed E-state index contributed by atoms with van der Waals surface area (Å²) in [6.45, 7) is -0.488. The highest BCUT2D eigenvalue weighted by Crippen LogP contribution is 2.14. The van der Waals surface area contributed by atoms with Crippen LogP contribution in [-0.4, -0.2) is 27.4 Å². The lowest BCUT2D eigenvalue weighted by Crippen LogP contribution is -2.33. The molecule has 0 atom stereocenters. The zero-order chi connectivity index (χ0) is 14.5. The molecule has 0 aliphatic carbocycles. The number of carbonyl (C=O) groups excluding carboxylic acids is 1. The first kappa shape index (κ1) is 15.1. The van der Waals surface area contributed by atoms with Crippen LogP contribution < -0.4 is 16.2 Å². The summed E-state index contributed by atoms with van der Waals surface area (Å²) in [4.78, 5) is 10.2. The van der Waals surface area contributed by atoms with Crippen molar-refractivity contribution in [2.75, 3.05) is 13.1 Å². The minimum absolute atomic E-state index is 0.0410. The molecule has 0 fully saturated rings. The van der Waals surface area contributed by atoms with Crippen LogP contribution in [0.4, 0.5) is 4.39 Å². The van der Waals surface area contributed by atoms with Crippen LogP contribution in [0.3, 0.4) is 0 Å². The van der Waals surface area contributed by atoms with E-state index in [-0.39, 0.29) is 17.0 Å². The first-order chi connectivity index (χ1) is 8.86. The Hall–Kier alpha value is -1.95. The zero-order valence-electron chi connectivity index (χ0n) is 9.81. The van der Waals surface area contributed by atoms with Gasteiger partial charge in [-0.25, -0.2) is 17.5 Å². The van der Waals surface area contributed by atoms with Crippen LogP contribution >= 0.6 is 0 Å². The van der Waals surface area contributed by atoms with Crippen molar-refractivity contribution in [1.82, 2.24) is 4.72 Å². The summed E-state index contributed by atoms with van der Waals surface area (Å²) >= 11 is 0. The molecule has 0 spiro atoms. The number of nitrogens with one attached hydrogen (secondary N) is 1. The van der Waals surface area contributed by atoms with Gasteiger partial charge in [0, 0.05) is 0 Å². The van der Waals surface area contributed by atoms with Crippen molar-refractivity contribution in [2.24, 2.45) is 11.5 Å². The number of carbonyl (C=O) groups is 1. The van der Waals surface area contributed by atoms with Crippen LogP contribution in [0.25, 0.3) is 0 Å². The molecule has 0 saturated carbocycles. The Morgan fingerprint density at radius 1 is 1.42 bits per heavy atom. The van der Waals surface area contributed by atoms with Crippen molar-refractivity contribution in [1.29, 1.82) is 0 Å². The molecular weight excluding hydrogens is 273 g/mol. The number of benzene rings is 1. The molecule has 1 aromatic rings. The lowest BCUT2D eigenvalue weighted by atomic mass is 10.2. The van der Waals surface area contributed by atoms with E-state index in [1.54, 1.807) is 0 Å². The SMILES string of the molecule is NCC#Cc1ccc(S(=O)(=O)NCC(N)=O)cc1F. The van der Waals surface area contributed by atoms with Crippen molar-refractivity contribution in [3.63, 3.8) is 0 Å². The van der Waals surface area contributed by atoms with Gasteiger partial charge in [-0.15, -0.1) is 0 Å². The third kappa shape index (κ3) is 4.33. The molecule has 102 valence electrons. The van der Waals surface area contributed by atoms with E-state index in [2.05, 4.69) is 11.8 Å². The molecule has 0 unspecified atom stereocenters. The molecule has 1 amide bonds. The molecule has 0 bridgehead atoms. The number of rotatable bonds is 4. The van der Waals surface area contributed by atoms with E-state index in [4.69, 9.17) is 11.5 Å². The average Bonchev–Trinajstić information content (AvgIpc) is 2.35. The maximum absolute atomic E-state index is 13.6. The minimum atomic E-state index is -3.98. The molecule has 19 heavy (non-hydrogen) atoms. The van der Waals surface area contributed by atoms with Crippen LogP contribution in [0.5, 0.6) is 0 Å². The summed E-state index contributed by atoms with van der Waals surface area (Å²) in [6, 6.07) is 3.20. The second-order valence-electron chi connectivity index (χ2n) is 3.44. The second kappa shape index (κ2) is 6.29. The first-order valence-electron chi connectivity index (χ1n) is 5.13. The summed E-state index contributed by atoms with van der Waals surface area (Å²) < 4.78 is 38.9. The van der Waals surface area contributed by atoms with Gasteiger partial charge in [0.2, 0.25) is 15.9 Å². The molecule has 0 radical (unpaired) electrons. The number of sulfonamides is 1. The minimum Gasteiger partial charge on any atom is -0.369 e. The molecule has 0 saturated heterocycles. The van der Waals surface area contributed by atoms with Crippen LogP contribution in [-0.2, 0) is 14.8 Å². The predicted octanol–water partition coefficient (Wildman–Crippen LogP) is -1.10. The van der Waals surface area contributed by atoms with Gasteiger partial charge < -0.3 is 11.5 Å². The predicted molar refractivity (Wildman–Crippen MR) is 66.7 cm³/mol. The number of hydrogen-bond donors (Lipinski definition) is 3. The highest BCUT2D eigenvalue weighted by molar-refractivity contribution is 7.89. The molecule has 8 heteroatoms. The standard InChI is InChI=1S/C11H12FN3O3S/c12-10-6-9(4-3-8(10)2-1-5-13)19(17,18)15-7-11(14)16/h3-4,6,15H,5,7,13H2,(H2,14,16). The third-order valence-electron chi connectivity index (χ3n) is 2.01. The van der Waals surface area contributed by atoms with Crippen LogP contribution in [0.15, 0.2) is 23.1 Å².